The second kappa shape index (κ2) is 4.98. The van der Waals surface area contributed by atoms with Crippen molar-refractivity contribution in [2.45, 2.75) is 52.0 Å². The van der Waals surface area contributed by atoms with Crippen molar-refractivity contribution >= 4 is 11.5 Å². The van der Waals surface area contributed by atoms with Crippen LogP contribution in [-0.4, -0.2) is 15.8 Å². The van der Waals surface area contributed by atoms with E-state index >= 15 is 0 Å². The number of aryl methyl sites for hydroxylation is 2. The van der Waals surface area contributed by atoms with E-state index in [-0.39, 0.29) is 0 Å². The maximum atomic E-state index is 6.06. The van der Waals surface area contributed by atoms with Crippen molar-refractivity contribution in [1.82, 2.24) is 9.78 Å². The van der Waals surface area contributed by atoms with Crippen LogP contribution in [0.25, 0.3) is 0 Å². The molecule has 0 saturated heterocycles. The summed E-state index contributed by atoms with van der Waals surface area (Å²) in [6.45, 7) is 4.24. The van der Waals surface area contributed by atoms with Crippen molar-refractivity contribution in [1.29, 1.82) is 0 Å². The van der Waals surface area contributed by atoms with Gasteiger partial charge in [-0.1, -0.05) is 26.2 Å². The zero-order valence-electron chi connectivity index (χ0n) is 11.2. The molecule has 96 valence electrons. The molecule has 1 fully saturated rings. The van der Waals surface area contributed by atoms with E-state index in [1.54, 1.807) is 0 Å². The third kappa shape index (κ3) is 2.40. The van der Waals surface area contributed by atoms with Gasteiger partial charge in [-0.15, -0.1) is 0 Å². The van der Waals surface area contributed by atoms with Crippen molar-refractivity contribution in [3.05, 3.63) is 5.69 Å². The number of aromatic nitrogens is 2. The summed E-state index contributed by atoms with van der Waals surface area (Å²) in [4.78, 5) is 0. The van der Waals surface area contributed by atoms with Gasteiger partial charge >= 0.3 is 0 Å². The monoisotopic (exact) mass is 236 g/mol. The SMILES string of the molecule is CCC1CCCCC1Nc1c(N)c(C)nn1C. The minimum atomic E-state index is 0.561. The molecule has 1 aliphatic rings. The minimum absolute atomic E-state index is 0.561. The molecule has 1 saturated carbocycles. The lowest BCUT2D eigenvalue weighted by molar-refractivity contribution is 0.316. The Balaban J connectivity index is 2.13. The molecule has 3 N–H and O–H groups in total. The number of rotatable bonds is 3. The first-order valence-corrected chi connectivity index (χ1v) is 6.69. The molecule has 2 unspecified atom stereocenters. The molecule has 0 amide bonds. The van der Waals surface area contributed by atoms with E-state index in [2.05, 4.69) is 17.3 Å². The Morgan fingerprint density at radius 2 is 2.12 bits per heavy atom. The van der Waals surface area contributed by atoms with Crippen LogP contribution in [0.2, 0.25) is 0 Å². The van der Waals surface area contributed by atoms with Gasteiger partial charge in [0.25, 0.3) is 0 Å². The molecule has 1 aliphatic carbocycles. The molecule has 1 aromatic rings. The standard InChI is InChI=1S/C13H24N4/c1-4-10-7-5-6-8-11(10)15-13-12(14)9(2)16-17(13)3/h10-11,15H,4-8,14H2,1-3H3. The third-order valence-electron chi connectivity index (χ3n) is 4.02. The highest BCUT2D eigenvalue weighted by Crippen LogP contribution is 2.31. The van der Waals surface area contributed by atoms with E-state index in [1.165, 1.54) is 32.1 Å². The normalized spacial score (nSPS) is 24.9. The van der Waals surface area contributed by atoms with Gasteiger partial charge in [-0.2, -0.15) is 5.10 Å². The van der Waals surface area contributed by atoms with Crippen molar-refractivity contribution < 1.29 is 0 Å². The summed E-state index contributed by atoms with van der Waals surface area (Å²) in [5.41, 5.74) is 7.78. The first kappa shape index (κ1) is 12.3. The van der Waals surface area contributed by atoms with Crippen molar-refractivity contribution in [3.8, 4) is 0 Å². The topological polar surface area (TPSA) is 55.9 Å². The second-order valence-electron chi connectivity index (χ2n) is 5.17. The molecule has 0 spiro atoms. The first-order valence-electron chi connectivity index (χ1n) is 6.69. The van der Waals surface area contributed by atoms with E-state index in [9.17, 15) is 0 Å². The molecule has 2 atom stereocenters. The van der Waals surface area contributed by atoms with Crippen LogP contribution >= 0.6 is 0 Å². The third-order valence-corrected chi connectivity index (χ3v) is 4.02. The number of nitrogens with one attached hydrogen (secondary N) is 1. The number of nitrogens with two attached hydrogens (primary N) is 1. The average molecular weight is 236 g/mol. The Morgan fingerprint density at radius 3 is 2.71 bits per heavy atom. The summed E-state index contributed by atoms with van der Waals surface area (Å²) < 4.78 is 1.87. The van der Waals surface area contributed by atoms with Gasteiger partial charge in [0.1, 0.15) is 5.82 Å². The van der Waals surface area contributed by atoms with Crippen LogP contribution in [0.3, 0.4) is 0 Å². The van der Waals surface area contributed by atoms with Gasteiger partial charge < -0.3 is 11.1 Å². The number of nitrogens with zero attached hydrogens (tertiary/aromatic N) is 2. The van der Waals surface area contributed by atoms with Gasteiger partial charge in [0, 0.05) is 13.1 Å². The summed E-state index contributed by atoms with van der Waals surface area (Å²) in [6, 6.07) is 0.561. The summed E-state index contributed by atoms with van der Waals surface area (Å²) in [5, 5.41) is 7.97. The molecule has 0 aliphatic heterocycles. The van der Waals surface area contributed by atoms with Crippen molar-refractivity contribution in [2.75, 3.05) is 11.1 Å². The molecule has 17 heavy (non-hydrogen) atoms. The molecule has 1 heterocycles. The maximum absolute atomic E-state index is 6.06. The predicted molar refractivity (Wildman–Crippen MR) is 72.0 cm³/mol. The van der Waals surface area contributed by atoms with Crippen LogP contribution in [0.1, 0.15) is 44.7 Å². The van der Waals surface area contributed by atoms with E-state index in [0.29, 0.717) is 6.04 Å². The van der Waals surface area contributed by atoms with Crippen molar-refractivity contribution in [2.24, 2.45) is 13.0 Å². The fourth-order valence-corrected chi connectivity index (χ4v) is 2.91. The van der Waals surface area contributed by atoms with Crippen LogP contribution in [0.4, 0.5) is 11.5 Å². The smallest absolute Gasteiger partial charge is 0.147 e. The summed E-state index contributed by atoms with van der Waals surface area (Å²) in [7, 11) is 1.95. The highest BCUT2D eigenvalue weighted by molar-refractivity contribution is 5.65. The molecule has 4 heteroatoms. The Hall–Kier alpha value is -1.19. The highest BCUT2D eigenvalue weighted by Gasteiger charge is 2.25. The molecule has 0 bridgehead atoms. The number of nitrogen functional groups attached to an aromatic ring is 1. The number of anilines is 2. The zero-order valence-corrected chi connectivity index (χ0v) is 11.2. The maximum Gasteiger partial charge on any atom is 0.147 e. The fourth-order valence-electron chi connectivity index (χ4n) is 2.91. The van der Waals surface area contributed by atoms with Gasteiger partial charge in [0.15, 0.2) is 0 Å². The van der Waals surface area contributed by atoms with Crippen molar-refractivity contribution in [3.63, 3.8) is 0 Å². The van der Waals surface area contributed by atoms with Crippen LogP contribution in [0.15, 0.2) is 0 Å². The lowest BCUT2D eigenvalue weighted by Crippen LogP contribution is -2.32. The average Bonchev–Trinajstić information content (AvgIpc) is 2.57. The molecule has 0 aromatic carbocycles. The van der Waals surface area contributed by atoms with Crippen LogP contribution in [0.5, 0.6) is 0 Å². The Kier molecular flexibility index (Phi) is 3.60. The highest BCUT2D eigenvalue weighted by atomic mass is 15.3. The molecule has 2 rings (SSSR count). The van der Waals surface area contributed by atoms with E-state index < -0.39 is 0 Å². The van der Waals surface area contributed by atoms with E-state index in [4.69, 9.17) is 5.73 Å². The van der Waals surface area contributed by atoms with Crippen LogP contribution in [0, 0.1) is 12.8 Å². The largest absolute Gasteiger partial charge is 0.394 e. The van der Waals surface area contributed by atoms with Gasteiger partial charge in [-0.05, 0) is 25.7 Å². The van der Waals surface area contributed by atoms with Gasteiger partial charge in [0.2, 0.25) is 0 Å². The van der Waals surface area contributed by atoms with Crippen LogP contribution in [-0.2, 0) is 7.05 Å². The van der Waals surface area contributed by atoms with Crippen LogP contribution < -0.4 is 11.1 Å². The molecular weight excluding hydrogens is 212 g/mol. The Morgan fingerprint density at radius 1 is 1.41 bits per heavy atom. The second-order valence-corrected chi connectivity index (χ2v) is 5.17. The molecule has 0 radical (unpaired) electrons. The summed E-state index contributed by atoms with van der Waals surface area (Å²) in [6.07, 6.45) is 6.53. The lowest BCUT2D eigenvalue weighted by Gasteiger charge is -2.32. The Labute approximate surface area is 104 Å². The lowest BCUT2D eigenvalue weighted by atomic mass is 9.83. The molecule has 1 aromatic heterocycles. The van der Waals surface area contributed by atoms with Gasteiger partial charge in [0.05, 0.1) is 11.4 Å². The number of hydrogen-bond donors (Lipinski definition) is 2. The summed E-state index contributed by atoms with van der Waals surface area (Å²) in [5.74, 6) is 1.77. The van der Waals surface area contributed by atoms with E-state index in [1.807, 2.05) is 18.7 Å². The fraction of sp³-hybridized carbons (Fsp3) is 0.769. The zero-order chi connectivity index (χ0) is 12.4. The van der Waals surface area contributed by atoms with Gasteiger partial charge in [-0.25, -0.2) is 0 Å². The predicted octanol–water partition coefficient (Wildman–Crippen LogP) is 2.69. The first-order chi connectivity index (χ1) is 8.13. The van der Waals surface area contributed by atoms with E-state index in [0.717, 1.165) is 23.1 Å². The van der Waals surface area contributed by atoms with Gasteiger partial charge in [-0.3, -0.25) is 4.68 Å². The summed E-state index contributed by atoms with van der Waals surface area (Å²) >= 11 is 0. The molecular formula is C13H24N4. The Bertz CT molecular complexity index is 383. The molecule has 4 nitrogen and oxygen atoms in total. The minimum Gasteiger partial charge on any atom is -0.394 e. The number of hydrogen-bond acceptors (Lipinski definition) is 3. The quantitative estimate of drug-likeness (QED) is 0.848.